The highest BCUT2D eigenvalue weighted by Gasteiger charge is 2.15. The molecular formula is C12H14ClFN4. The van der Waals surface area contributed by atoms with E-state index >= 15 is 0 Å². The summed E-state index contributed by atoms with van der Waals surface area (Å²) in [4.78, 5) is 0. The van der Waals surface area contributed by atoms with Crippen LogP contribution < -0.4 is 5.32 Å². The van der Waals surface area contributed by atoms with Gasteiger partial charge in [-0.05, 0) is 30.7 Å². The van der Waals surface area contributed by atoms with Crippen LogP contribution in [0.2, 0.25) is 5.02 Å². The molecule has 0 aliphatic heterocycles. The van der Waals surface area contributed by atoms with E-state index in [1.807, 2.05) is 6.92 Å². The minimum Gasteiger partial charge on any atom is -0.309 e. The fraction of sp³-hybridized carbons (Fsp3) is 0.333. The quantitative estimate of drug-likeness (QED) is 0.876. The molecule has 6 heteroatoms. The van der Waals surface area contributed by atoms with Crippen LogP contribution in [0.25, 0.3) is 0 Å². The van der Waals surface area contributed by atoms with Gasteiger partial charge in [-0.2, -0.15) is 15.4 Å². The lowest BCUT2D eigenvalue weighted by atomic mass is 10.0. The van der Waals surface area contributed by atoms with E-state index < -0.39 is 0 Å². The topological polar surface area (TPSA) is 53.6 Å². The number of benzene rings is 1. The Hall–Kier alpha value is -1.46. The molecule has 1 aromatic heterocycles. The Morgan fingerprint density at radius 3 is 2.94 bits per heavy atom. The average Bonchev–Trinajstić information content (AvgIpc) is 2.85. The van der Waals surface area contributed by atoms with Crippen LogP contribution in [0.5, 0.6) is 0 Å². The lowest BCUT2D eigenvalue weighted by molar-refractivity contribution is 0.534. The molecule has 0 bridgehead atoms. The van der Waals surface area contributed by atoms with Gasteiger partial charge in [-0.1, -0.05) is 24.6 Å². The second kappa shape index (κ2) is 5.93. The van der Waals surface area contributed by atoms with Crippen LogP contribution in [0.15, 0.2) is 24.4 Å². The smallest absolute Gasteiger partial charge is 0.124 e. The molecule has 1 atom stereocenters. The van der Waals surface area contributed by atoms with E-state index in [2.05, 4.69) is 20.7 Å². The van der Waals surface area contributed by atoms with Crippen molar-refractivity contribution in [2.45, 2.75) is 19.4 Å². The predicted octanol–water partition coefficient (Wildman–Crippen LogP) is 2.49. The molecule has 0 amide bonds. The summed E-state index contributed by atoms with van der Waals surface area (Å²) in [6.45, 7) is 2.82. The normalized spacial score (nSPS) is 12.6. The van der Waals surface area contributed by atoms with Crippen LogP contribution in [-0.4, -0.2) is 22.0 Å². The van der Waals surface area contributed by atoms with E-state index in [0.29, 0.717) is 11.4 Å². The molecule has 2 rings (SSSR count). The summed E-state index contributed by atoms with van der Waals surface area (Å²) in [7, 11) is 0. The summed E-state index contributed by atoms with van der Waals surface area (Å²) in [6, 6.07) is 4.44. The molecule has 1 heterocycles. The van der Waals surface area contributed by atoms with Gasteiger partial charge in [0.15, 0.2) is 0 Å². The molecule has 0 radical (unpaired) electrons. The van der Waals surface area contributed by atoms with Crippen LogP contribution in [-0.2, 0) is 6.42 Å². The molecule has 0 fully saturated rings. The van der Waals surface area contributed by atoms with Gasteiger partial charge in [0.05, 0.1) is 17.9 Å². The maximum atomic E-state index is 13.0. The van der Waals surface area contributed by atoms with Crippen molar-refractivity contribution in [1.29, 1.82) is 0 Å². The molecule has 0 aliphatic carbocycles. The first kappa shape index (κ1) is 13.0. The molecular weight excluding hydrogens is 255 g/mol. The van der Waals surface area contributed by atoms with Crippen LogP contribution in [0, 0.1) is 5.82 Å². The molecule has 0 saturated carbocycles. The third-order valence-electron chi connectivity index (χ3n) is 2.68. The first-order valence-corrected chi connectivity index (χ1v) is 6.11. The van der Waals surface area contributed by atoms with Crippen molar-refractivity contribution >= 4 is 11.6 Å². The number of hydrogen-bond donors (Lipinski definition) is 2. The zero-order valence-corrected chi connectivity index (χ0v) is 10.7. The van der Waals surface area contributed by atoms with Crippen LogP contribution >= 0.6 is 11.6 Å². The lowest BCUT2D eigenvalue weighted by Gasteiger charge is -2.16. The first-order chi connectivity index (χ1) is 8.70. The zero-order chi connectivity index (χ0) is 13.0. The van der Waals surface area contributed by atoms with Crippen LogP contribution in [0.3, 0.4) is 0 Å². The lowest BCUT2D eigenvalue weighted by Crippen LogP contribution is -2.23. The van der Waals surface area contributed by atoms with Gasteiger partial charge in [-0.3, -0.25) is 0 Å². The van der Waals surface area contributed by atoms with Gasteiger partial charge < -0.3 is 5.32 Å². The second-order valence-corrected chi connectivity index (χ2v) is 4.35. The monoisotopic (exact) mass is 268 g/mol. The fourth-order valence-corrected chi connectivity index (χ4v) is 2.06. The van der Waals surface area contributed by atoms with Gasteiger partial charge in [-0.15, -0.1) is 0 Å². The highest BCUT2D eigenvalue weighted by Crippen LogP contribution is 2.23. The van der Waals surface area contributed by atoms with Crippen LogP contribution in [0.4, 0.5) is 4.39 Å². The number of aromatic nitrogens is 3. The number of likely N-dealkylation sites (N-methyl/N-ethyl adjacent to an activating group) is 1. The van der Waals surface area contributed by atoms with E-state index in [0.717, 1.165) is 17.8 Å². The Morgan fingerprint density at radius 2 is 2.33 bits per heavy atom. The van der Waals surface area contributed by atoms with Crippen molar-refractivity contribution in [2.24, 2.45) is 0 Å². The van der Waals surface area contributed by atoms with Gasteiger partial charge in [0, 0.05) is 5.02 Å². The molecule has 2 N–H and O–H groups in total. The van der Waals surface area contributed by atoms with Gasteiger partial charge in [0.25, 0.3) is 0 Å². The van der Waals surface area contributed by atoms with Crippen molar-refractivity contribution in [3.05, 3.63) is 46.5 Å². The molecule has 96 valence electrons. The molecule has 0 spiro atoms. The third-order valence-corrected chi connectivity index (χ3v) is 3.03. The molecule has 0 aliphatic rings. The SMILES string of the molecule is CCNC(Cc1ccc(F)cc1Cl)c1cn[nH]n1. The number of H-pyrrole nitrogens is 1. The summed E-state index contributed by atoms with van der Waals surface area (Å²) in [5.41, 5.74) is 1.70. The van der Waals surface area contributed by atoms with Gasteiger partial charge in [-0.25, -0.2) is 4.39 Å². The second-order valence-electron chi connectivity index (χ2n) is 3.94. The van der Waals surface area contributed by atoms with Crippen molar-refractivity contribution < 1.29 is 4.39 Å². The third kappa shape index (κ3) is 3.05. The number of halogens is 2. The summed E-state index contributed by atoms with van der Waals surface area (Å²) >= 11 is 6.02. The minimum absolute atomic E-state index is 0.0108. The Balaban J connectivity index is 2.18. The maximum absolute atomic E-state index is 13.0. The number of nitrogens with one attached hydrogen (secondary N) is 2. The summed E-state index contributed by atoms with van der Waals surface area (Å²) in [5, 5.41) is 14.2. The summed E-state index contributed by atoms with van der Waals surface area (Å²) < 4.78 is 13.0. The Kier molecular flexibility index (Phi) is 4.28. The highest BCUT2D eigenvalue weighted by atomic mass is 35.5. The maximum Gasteiger partial charge on any atom is 0.124 e. The van der Waals surface area contributed by atoms with E-state index in [1.54, 1.807) is 12.3 Å². The molecule has 4 nitrogen and oxygen atoms in total. The zero-order valence-electron chi connectivity index (χ0n) is 9.95. The van der Waals surface area contributed by atoms with Crippen LogP contribution in [0.1, 0.15) is 24.2 Å². The van der Waals surface area contributed by atoms with E-state index in [9.17, 15) is 4.39 Å². The van der Waals surface area contributed by atoms with Crippen molar-refractivity contribution in [3.63, 3.8) is 0 Å². The Morgan fingerprint density at radius 1 is 1.50 bits per heavy atom. The Labute approximate surface area is 110 Å². The average molecular weight is 269 g/mol. The van der Waals surface area contributed by atoms with Gasteiger partial charge >= 0.3 is 0 Å². The first-order valence-electron chi connectivity index (χ1n) is 5.73. The summed E-state index contributed by atoms with van der Waals surface area (Å²) in [6.07, 6.45) is 2.31. The molecule has 18 heavy (non-hydrogen) atoms. The predicted molar refractivity (Wildman–Crippen MR) is 67.9 cm³/mol. The Bertz CT molecular complexity index is 501. The summed E-state index contributed by atoms with van der Waals surface area (Å²) in [5.74, 6) is -0.329. The standard InChI is InChI=1S/C12H14ClFN4/c1-2-15-11(12-7-16-18-17-12)5-8-3-4-9(14)6-10(8)13/h3-4,6-7,11,15H,2,5H2,1H3,(H,16,17,18). The van der Waals surface area contributed by atoms with Crippen molar-refractivity contribution in [3.8, 4) is 0 Å². The number of nitrogens with zero attached hydrogens (tertiary/aromatic N) is 2. The molecule has 2 aromatic rings. The van der Waals surface area contributed by atoms with E-state index in [-0.39, 0.29) is 11.9 Å². The number of aromatic amines is 1. The molecule has 0 saturated heterocycles. The van der Waals surface area contributed by atoms with E-state index in [4.69, 9.17) is 11.6 Å². The molecule has 1 aromatic carbocycles. The largest absolute Gasteiger partial charge is 0.309 e. The number of hydrogen-bond acceptors (Lipinski definition) is 3. The van der Waals surface area contributed by atoms with Gasteiger partial charge in [0.2, 0.25) is 0 Å². The fourth-order valence-electron chi connectivity index (χ4n) is 1.81. The van der Waals surface area contributed by atoms with E-state index in [1.165, 1.54) is 12.1 Å². The van der Waals surface area contributed by atoms with Crippen molar-refractivity contribution in [1.82, 2.24) is 20.7 Å². The molecule has 1 unspecified atom stereocenters. The minimum atomic E-state index is -0.329. The number of rotatable bonds is 5. The van der Waals surface area contributed by atoms with Crippen molar-refractivity contribution in [2.75, 3.05) is 6.54 Å². The van der Waals surface area contributed by atoms with Gasteiger partial charge in [0.1, 0.15) is 5.82 Å². The highest BCUT2D eigenvalue weighted by molar-refractivity contribution is 6.31.